The zero-order valence-electron chi connectivity index (χ0n) is 11.4. The van der Waals surface area contributed by atoms with E-state index in [9.17, 15) is 9.36 Å². The molecule has 19 heavy (non-hydrogen) atoms. The molecule has 1 rings (SSSR count). The zero-order chi connectivity index (χ0) is 14.5. The van der Waals surface area contributed by atoms with Gasteiger partial charge in [-0.25, -0.2) is 4.79 Å². The van der Waals surface area contributed by atoms with Crippen LogP contribution in [0.4, 0.5) is 0 Å². The molecule has 0 aromatic carbocycles. The van der Waals surface area contributed by atoms with E-state index in [0.29, 0.717) is 19.6 Å². The third-order valence-corrected chi connectivity index (χ3v) is 6.06. The highest BCUT2D eigenvalue weighted by molar-refractivity contribution is 8.00. The second-order valence-corrected chi connectivity index (χ2v) is 7.85. The van der Waals surface area contributed by atoms with Crippen LogP contribution in [0.15, 0.2) is 0 Å². The lowest BCUT2D eigenvalue weighted by molar-refractivity contribution is -0.149. The molecule has 0 bridgehead atoms. The number of hydrogen-bond donors (Lipinski definition) is 1. The van der Waals surface area contributed by atoms with E-state index in [4.69, 9.17) is 18.9 Å². The second-order valence-electron chi connectivity index (χ2n) is 4.12. The van der Waals surface area contributed by atoms with Gasteiger partial charge in [-0.05, 0) is 20.3 Å². The second kappa shape index (κ2) is 7.64. The smallest absolute Gasteiger partial charge is 0.334 e. The average Bonchev–Trinajstić information content (AvgIpc) is 2.69. The van der Waals surface area contributed by atoms with Gasteiger partial charge >= 0.3 is 13.6 Å². The van der Waals surface area contributed by atoms with Crippen LogP contribution in [0.3, 0.4) is 0 Å². The van der Waals surface area contributed by atoms with Crippen LogP contribution in [-0.4, -0.2) is 47.2 Å². The van der Waals surface area contributed by atoms with Gasteiger partial charge in [-0.2, -0.15) is 0 Å². The summed E-state index contributed by atoms with van der Waals surface area (Å²) in [6.07, 6.45) is -0.102. The highest BCUT2D eigenvalue weighted by Crippen LogP contribution is 2.50. The maximum absolute atomic E-state index is 12.2. The van der Waals surface area contributed by atoms with E-state index < -0.39 is 19.7 Å². The number of carboxylic acid groups (broad SMARTS) is 1. The predicted octanol–water partition coefficient (Wildman–Crippen LogP) is 2.57. The van der Waals surface area contributed by atoms with Crippen molar-refractivity contribution in [2.75, 3.05) is 19.4 Å². The van der Waals surface area contributed by atoms with E-state index in [2.05, 4.69) is 0 Å². The molecule has 0 saturated carbocycles. The van der Waals surface area contributed by atoms with Crippen LogP contribution in [0.1, 0.15) is 27.2 Å². The fourth-order valence-corrected chi connectivity index (χ4v) is 4.92. The minimum absolute atomic E-state index is 0.110. The van der Waals surface area contributed by atoms with Crippen LogP contribution in [0.25, 0.3) is 0 Å². The number of aliphatic carboxylic acids is 1. The van der Waals surface area contributed by atoms with Gasteiger partial charge < -0.3 is 18.9 Å². The number of rotatable bonds is 8. The van der Waals surface area contributed by atoms with Gasteiger partial charge in [0.15, 0.2) is 6.10 Å². The molecular formula is C11H21O6PS. The Hall–Kier alpha value is -0.0700. The van der Waals surface area contributed by atoms with Crippen molar-refractivity contribution in [3.8, 4) is 0 Å². The molecule has 8 heteroatoms. The fourth-order valence-electron chi connectivity index (χ4n) is 1.84. The Balaban J connectivity index is 2.48. The highest BCUT2D eigenvalue weighted by Gasteiger charge is 2.38. The summed E-state index contributed by atoms with van der Waals surface area (Å²) in [6.45, 7) is 5.98. The van der Waals surface area contributed by atoms with Crippen molar-refractivity contribution in [3.63, 3.8) is 0 Å². The molecule has 6 nitrogen and oxygen atoms in total. The Bertz CT molecular complexity index is 340. The van der Waals surface area contributed by atoms with Gasteiger partial charge in [-0.1, -0.05) is 6.92 Å². The Kier molecular flexibility index (Phi) is 6.83. The largest absolute Gasteiger partial charge is 0.479 e. The normalized spacial score (nSPS) is 27.6. The molecule has 1 N–H and O–H groups in total. The average molecular weight is 312 g/mol. The molecule has 0 aromatic heterocycles. The van der Waals surface area contributed by atoms with Crippen molar-refractivity contribution < 1.29 is 28.3 Å². The van der Waals surface area contributed by atoms with Gasteiger partial charge in [0.25, 0.3) is 0 Å². The number of thioether (sulfide) groups is 1. The summed E-state index contributed by atoms with van der Waals surface area (Å²) >= 11 is 1.44. The highest BCUT2D eigenvalue weighted by atomic mass is 32.2. The fraction of sp³-hybridized carbons (Fsp3) is 0.909. The third-order valence-electron chi connectivity index (χ3n) is 2.62. The monoisotopic (exact) mass is 312 g/mol. The molecular weight excluding hydrogens is 291 g/mol. The van der Waals surface area contributed by atoms with Crippen LogP contribution in [0.2, 0.25) is 0 Å². The molecule has 0 unspecified atom stereocenters. The molecule has 1 fully saturated rings. The van der Waals surface area contributed by atoms with Crippen LogP contribution in [-0.2, 0) is 23.1 Å². The SMILES string of the molecule is CCOP(=O)(CC[C@@H]1O[C@H](C(=O)O)[C@@H](C)S1)OCC. The summed E-state index contributed by atoms with van der Waals surface area (Å²) < 4.78 is 28.0. The molecule has 1 aliphatic heterocycles. The molecule has 112 valence electrons. The molecule has 0 radical (unpaired) electrons. The van der Waals surface area contributed by atoms with E-state index in [1.54, 1.807) is 13.8 Å². The van der Waals surface area contributed by atoms with Crippen LogP contribution < -0.4 is 0 Å². The first-order valence-electron chi connectivity index (χ1n) is 6.33. The van der Waals surface area contributed by atoms with Gasteiger partial charge in [0.1, 0.15) is 5.44 Å². The van der Waals surface area contributed by atoms with Gasteiger partial charge in [-0.15, -0.1) is 11.8 Å². The Morgan fingerprint density at radius 2 is 1.95 bits per heavy atom. The van der Waals surface area contributed by atoms with Crippen molar-refractivity contribution in [2.45, 2.75) is 44.0 Å². The summed E-state index contributed by atoms with van der Waals surface area (Å²) in [5.74, 6) is -0.958. The molecule has 3 atom stereocenters. The number of ether oxygens (including phenoxy) is 1. The number of carbonyl (C=O) groups is 1. The van der Waals surface area contributed by atoms with Crippen molar-refractivity contribution in [1.29, 1.82) is 0 Å². The van der Waals surface area contributed by atoms with Gasteiger partial charge in [0.05, 0.1) is 19.4 Å². The van der Waals surface area contributed by atoms with Crippen molar-refractivity contribution >= 4 is 25.3 Å². The minimum Gasteiger partial charge on any atom is -0.479 e. The van der Waals surface area contributed by atoms with Crippen molar-refractivity contribution in [3.05, 3.63) is 0 Å². The quantitative estimate of drug-likeness (QED) is 0.690. The first-order valence-corrected chi connectivity index (χ1v) is 9.00. The van der Waals surface area contributed by atoms with Crippen LogP contribution >= 0.6 is 19.4 Å². The molecule has 0 amide bonds. The van der Waals surface area contributed by atoms with E-state index in [-0.39, 0.29) is 16.8 Å². The predicted molar refractivity (Wildman–Crippen MR) is 73.7 cm³/mol. The summed E-state index contributed by atoms with van der Waals surface area (Å²) in [6, 6.07) is 0. The molecule has 1 heterocycles. The first kappa shape index (κ1) is 17.0. The zero-order valence-corrected chi connectivity index (χ0v) is 13.1. The number of carboxylic acids is 1. The Morgan fingerprint density at radius 3 is 2.37 bits per heavy atom. The van der Waals surface area contributed by atoms with E-state index in [0.717, 1.165) is 0 Å². The van der Waals surface area contributed by atoms with Crippen molar-refractivity contribution in [1.82, 2.24) is 0 Å². The summed E-state index contributed by atoms with van der Waals surface area (Å²) in [5, 5.41) is 8.85. The lowest BCUT2D eigenvalue weighted by atomic mass is 10.3. The molecule has 1 aliphatic rings. The van der Waals surface area contributed by atoms with E-state index in [1.807, 2.05) is 6.92 Å². The van der Waals surface area contributed by atoms with Gasteiger partial charge in [0, 0.05) is 5.25 Å². The summed E-state index contributed by atoms with van der Waals surface area (Å²) in [5.41, 5.74) is -0.273. The topological polar surface area (TPSA) is 82.1 Å². The lowest BCUT2D eigenvalue weighted by Gasteiger charge is -2.18. The van der Waals surface area contributed by atoms with Crippen molar-refractivity contribution in [2.24, 2.45) is 0 Å². The van der Waals surface area contributed by atoms with E-state index >= 15 is 0 Å². The third kappa shape index (κ3) is 5.08. The van der Waals surface area contributed by atoms with Crippen LogP contribution in [0.5, 0.6) is 0 Å². The Morgan fingerprint density at radius 1 is 1.37 bits per heavy atom. The first-order chi connectivity index (χ1) is 8.91. The molecule has 0 aliphatic carbocycles. The standard InChI is InChI=1S/C11H21O6PS/c1-4-15-18(14,16-5-2)7-6-9-17-10(11(12)13)8(3)19-9/h8-10H,4-7H2,1-3H3,(H,12,13)/t8-,9-,10+/m1/s1. The van der Waals surface area contributed by atoms with Gasteiger partial charge in [-0.3, -0.25) is 4.57 Å². The van der Waals surface area contributed by atoms with Crippen LogP contribution in [0, 0.1) is 0 Å². The number of hydrogen-bond acceptors (Lipinski definition) is 6. The molecule has 0 aromatic rings. The Labute approximate surface area is 117 Å². The van der Waals surface area contributed by atoms with E-state index in [1.165, 1.54) is 11.8 Å². The molecule has 0 spiro atoms. The van der Waals surface area contributed by atoms with Gasteiger partial charge in [0.2, 0.25) is 0 Å². The minimum atomic E-state index is -3.08. The maximum atomic E-state index is 12.2. The summed E-state index contributed by atoms with van der Waals surface area (Å²) in [7, 11) is -3.08. The maximum Gasteiger partial charge on any atom is 0.334 e. The summed E-state index contributed by atoms with van der Waals surface area (Å²) in [4.78, 5) is 10.9. The lowest BCUT2D eigenvalue weighted by Crippen LogP contribution is -2.27. The molecule has 1 saturated heterocycles.